The number of halogens is 1. The molecule has 68 valence electrons. The smallest absolute Gasteiger partial charge is 0.153 e. The highest BCUT2D eigenvalue weighted by molar-refractivity contribution is 14.1. The van der Waals surface area contributed by atoms with Crippen molar-refractivity contribution < 1.29 is 9.53 Å². The first-order chi connectivity index (χ1) is 6.29. The van der Waals surface area contributed by atoms with Gasteiger partial charge < -0.3 is 4.74 Å². The lowest BCUT2D eigenvalue weighted by Gasteiger charge is -2.06. The summed E-state index contributed by atoms with van der Waals surface area (Å²) < 4.78 is 6.69. The molecule has 1 saturated carbocycles. The SMILES string of the molecule is O=Cc1ccc(I)cc1OC1CC1. The zero-order valence-electron chi connectivity index (χ0n) is 7.00. The molecule has 0 bridgehead atoms. The summed E-state index contributed by atoms with van der Waals surface area (Å²) in [6.07, 6.45) is 3.42. The van der Waals surface area contributed by atoms with Crippen LogP contribution in [0.5, 0.6) is 5.75 Å². The van der Waals surface area contributed by atoms with Crippen molar-refractivity contribution in [1.82, 2.24) is 0 Å². The minimum Gasteiger partial charge on any atom is -0.490 e. The molecule has 1 aromatic carbocycles. The van der Waals surface area contributed by atoms with Crippen LogP contribution in [-0.4, -0.2) is 12.4 Å². The number of ether oxygens (including phenoxy) is 1. The van der Waals surface area contributed by atoms with Gasteiger partial charge in [-0.2, -0.15) is 0 Å². The average molecular weight is 288 g/mol. The number of rotatable bonds is 3. The fourth-order valence-electron chi connectivity index (χ4n) is 1.07. The third-order valence-corrected chi connectivity index (χ3v) is 2.59. The van der Waals surface area contributed by atoms with Crippen molar-refractivity contribution in [3.63, 3.8) is 0 Å². The number of hydrogen-bond acceptors (Lipinski definition) is 2. The van der Waals surface area contributed by atoms with Crippen LogP contribution in [0.25, 0.3) is 0 Å². The van der Waals surface area contributed by atoms with E-state index in [4.69, 9.17) is 4.74 Å². The topological polar surface area (TPSA) is 26.3 Å². The number of benzene rings is 1. The molecule has 1 aliphatic rings. The van der Waals surface area contributed by atoms with Gasteiger partial charge in [-0.05, 0) is 53.6 Å². The number of carbonyl (C=O) groups is 1. The molecule has 2 rings (SSSR count). The van der Waals surface area contributed by atoms with Gasteiger partial charge in [-0.15, -0.1) is 0 Å². The molecule has 2 nitrogen and oxygen atoms in total. The van der Waals surface area contributed by atoms with Crippen molar-refractivity contribution in [2.24, 2.45) is 0 Å². The summed E-state index contributed by atoms with van der Waals surface area (Å²) in [5.74, 6) is 0.726. The normalized spacial score (nSPS) is 15.5. The lowest BCUT2D eigenvalue weighted by Crippen LogP contribution is -1.99. The quantitative estimate of drug-likeness (QED) is 0.631. The Morgan fingerprint density at radius 3 is 2.85 bits per heavy atom. The van der Waals surface area contributed by atoms with Gasteiger partial charge in [0.2, 0.25) is 0 Å². The minimum atomic E-state index is 0.344. The molecular formula is C10H9IO2. The average Bonchev–Trinajstić information content (AvgIpc) is 2.89. The first-order valence-corrected chi connectivity index (χ1v) is 5.29. The van der Waals surface area contributed by atoms with Crippen molar-refractivity contribution in [3.8, 4) is 5.75 Å². The van der Waals surface area contributed by atoms with Crippen molar-refractivity contribution in [2.75, 3.05) is 0 Å². The van der Waals surface area contributed by atoms with E-state index < -0.39 is 0 Å². The molecule has 0 radical (unpaired) electrons. The van der Waals surface area contributed by atoms with Gasteiger partial charge in [-0.3, -0.25) is 4.79 Å². The lowest BCUT2D eigenvalue weighted by molar-refractivity contribution is 0.111. The van der Waals surface area contributed by atoms with E-state index in [9.17, 15) is 4.79 Å². The third-order valence-electron chi connectivity index (χ3n) is 1.92. The molecule has 0 unspecified atom stereocenters. The van der Waals surface area contributed by atoms with Crippen LogP contribution >= 0.6 is 22.6 Å². The highest BCUT2D eigenvalue weighted by atomic mass is 127. The molecule has 13 heavy (non-hydrogen) atoms. The molecule has 0 aromatic heterocycles. The second-order valence-corrected chi connectivity index (χ2v) is 4.36. The molecule has 0 heterocycles. The van der Waals surface area contributed by atoms with E-state index >= 15 is 0 Å². The molecule has 0 atom stereocenters. The van der Waals surface area contributed by atoms with Crippen LogP contribution in [0, 0.1) is 3.57 Å². The Labute approximate surface area is 90.4 Å². The van der Waals surface area contributed by atoms with Crippen molar-refractivity contribution >= 4 is 28.9 Å². The van der Waals surface area contributed by atoms with Crippen LogP contribution in [0.4, 0.5) is 0 Å². The van der Waals surface area contributed by atoms with E-state index in [1.165, 1.54) is 0 Å². The van der Waals surface area contributed by atoms with Crippen LogP contribution in [0.1, 0.15) is 23.2 Å². The zero-order valence-corrected chi connectivity index (χ0v) is 9.15. The molecule has 0 N–H and O–H groups in total. The maximum Gasteiger partial charge on any atom is 0.153 e. The molecular weight excluding hydrogens is 279 g/mol. The number of aldehydes is 1. The van der Waals surface area contributed by atoms with Gasteiger partial charge in [0, 0.05) is 3.57 Å². The van der Waals surface area contributed by atoms with Gasteiger partial charge in [-0.25, -0.2) is 0 Å². The predicted molar refractivity (Wildman–Crippen MR) is 58.2 cm³/mol. The standard InChI is InChI=1S/C10H9IO2/c11-8-2-1-7(6-12)10(5-8)13-9-3-4-9/h1-2,5-6,9H,3-4H2. The zero-order chi connectivity index (χ0) is 9.26. The molecule has 0 amide bonds. The molecule has 1 aromatic rings. The van der Waals surface area contributed by atoms with E-state index in [0.717, 1.165) is 28.4 Å². The first kappa shape index (κ1) is 8.99. The molecule has 0 aliphatic heterocycles. The molecule has 3 heteroatoms. The van der Waals surface area contributed by atoms with Gasteiger partial charge in [0.05, 0.1) is 11.7 Å². The third kappa shape index (κ3) is 2.21. The van der Waals surface area contributed by atoms with E-state index in [2.05, 4.69) is 22.6 Å². The summed E-state index contributed by atoms with van der Waals surface area (Å²) in [5, 5.41) is 0. The van der Waals surface area contributed by atoms with E-state index in [1.807, 2.05) is 12.1 Å². The van der Waals surface area contributed by atoms with Crippen molar-refractivity contribution in [3.05, 3.63) is 27.3 Å². The molecule has 1 aliphatic carbocycles. The van der Waals surface area contributed by atoms with Gasteiger partial charge in [0.25, 0.3) is 0 Å². The Morgan fingerprint density at radius 1 is 1.46 bits per heavy atom. The van der Waals surface area contributed by atoms with E-state index in [0.29, 0.717) is 11.7 Å². The van der Waals surface area contributed by atoms with Crippen LogP contribution in [0.15, 0.2) is 18.2 Å². The van der Waals surface area contributed by atoms with Crippen molar-refractivity contribution in [1.29, 1.82) is 0 Å². The fraction of sp³-hybridized carbons (Fsp3) is 0.300. The summed E-state index contributed by atoms with van der Waals surface area (Å²) in [6.45, 7) is 0. The summed E-state index contributed by atoms with van der Waals surface area (Å²) in [7, 11) is 0. The second kappa shape index (κ2) is 3.65. The Balaban J connectivity index is 2.27. The monoisotopic (exact) mass is 288 g/mol. The maximum absolute atomic E-state index is 10.7. The number of carbonyl (C=O) groups excluding carboxylic acids is 1. The second-order valence-electron chi connectivity index (χ2n) is 3.12. The Morgan fingerprint density at radius 2 is 2.23 bits per heavy atom. The maximum atomic E-state index is 10.7. The van der Waals surface area contributed by atoms with Crippen LogP contribution in [0.2, 0.25) is 0 Å². The van der Waals surface area contributed by atoms with E-state index in [-0.39, 0.29) is 0 Å². The summed E-state index contributed by atoms with van der Waals surface area (Å²) in [5.41, 5.74) is 0.646. The molecule has 1 fully saturated rings. The van der Waals surface area contributed by atoms with Gasteiger partial charge in [-0.1, -0.05) is 0 Å². The lowest BCUT2D eigenvalue weighted by atomic mass is 10.2. The van der Waals surface area contributed by atoms with E-state index in [1.54, 1.807) is 6.07 Å². The van der Waals surface area contributed by atoms with Gasteiger partial charge in [0.15, 0.2) is 6.29 Å². The highest BCUT2D eigenvalue weighted by Crippen LogP contribution is 2.29. The largest absolute Gasteiger partial charge is 0.490 e. The predicted octanol–water partition coefficient (Wildman–Crippen LogP) is 2.64. The van der Waals surface area contributed by atoms with Gasteiger partial charge in [0.1, 0.15) is 5.75 Å². The molecule has 0 spiro atoms. The van der Waals surface area contributed by atoms with Crippen molar-refractivity contribution in [2.45, 2.75) is 18.9 Å². The Kier molecular flexibility index (Phi) is 2.53. The Bertz CT molecular complexity index is 332. The Hall–Kier alpha value is -0.580. The highest BCUT2D eigenvalue weighted by Gasteiger charge is 2.24. The first-order valence-electron chi connectivity index (χ1n) is 4.21. The van der Waals surface area contributed by atoms with Crippen LogP contribution in [0.3, 0.4) is 0 Å². The minimum absolute atomic E-state index is 0.344. The number of hydrogen-bond donors (Lipinski definition) is 0. The van der Waals surface area contributed by atoms with Gasteiger partial charge >= 0.3 is 0 Å². The summed E-state index contributed by atoms with van der Waals surface area (Å²) >= 11 is 2.21. The summed E-state index contributed by atoms with van der Waals surface area (Å²) in [4.78, 5) is 10.7. The summed E-state index contributed by atoms with van der Waals surface area (Å²) in [6, 6.07) is 5.61. The van der Waals surface area contributed by atoms with Crippen LogP contribution < -0.4 is 4.74 Å². The molecule has 0 saturated heterocycles. The van der Waals surface area contributed by atoms with Crippen LogP contribution in [-0.2, 0) is 0 Å². The fourth-order valence-corrected chi connectivity index (χ4v) is 1.54.